The lowest BCUT2D eigenvalue weighted by molar-refractivity contribution is 0.433. The van der Waals surface area contributed by atoms with Crippen molar-refractivity contribution in [1.29, 1.82) is 0 Å². The summed E-state index contributed by atoms with van der Waals surface area (Å²) in [5.74, 6) is 6.05. The maximum absolute atomic E-state index is 5.18. The summed E-state index contributed by atoms with van der Waals surface area (Å²) in [5, 5.41) is 0. The van der Waals surface area contributed by atoms with Gasteiger partial charge < -0.3 is 0 Å². The van der Waals surface area contributed by atoms with E-state index in [2.05, 4.69) is 17.6 Å². The predicted octanol–water partition coefficient (Wildman–Crippen LogP) is 1.62. The number of hydrazine groups is 1. The van der Waals surface area contributed by atoms with Crippen LogP contribution in [-0.2, 0) is 0 Å². The number of allylic oxidation sites excluding steroid dienone is 2. The summed E-state index contributed by atoms with van der Waals surface area (Å²) in [6, 6.07) is 0. The van der Waals surface area contributed by atoms with Crippen molar-refractivity contribution in [3.05, 3.63) is 12.2 Å². The highest BCUT2D eigenvalue weighted by atomic mass is 35.5. The van der Waals surface area contributed by atoms with E-state index in [4.69, 9.17) is 5.84 Å². The largest absolute Gasteiger partial charge is 0.271 e. The normalized spacial score (nSPS) is 22.8. The second-order valence-electron chi connectivity index (χ2n) is 2.89. The Labute approximate surface area is 74.6 Å². The molecule has 0 fully saturated rings. The first kappa shape index (κ1) is 11.0. The van der Waals surface area contributed by atoms with Gasteiger partial charge in [-0.05, 0) is 31.6 Å². The van der Waals surface area contributed by atoms with Gasteiger partial charge in [0.1, 0.15) is 0 Å². The number of rotatable bonds is 3. The van der Waals surface area contributed by atoms with Gasteiger partial charge in [0, 0.05) is 6.54 Å². The van der Waals surface area contributed by atoms with Crippen LogP contribution in [0.3, 0.4) is 0 Å². The fourth-order valence-electron chi connectivity index (χ4n) is 1.41. The fourth-order valence-corrected chi connectivity index (χ4v) is 1.41. The summed E-state index contributed by atoms with van der Waals surface area (Å²) in [6.45, 7) is 0.957. The van der Waals surface area contributed by atoms with Crippen molar-refractivity contribution >= 4 is 12.4 Å². The predicted molar refractivity (Wildman–Crippen MR) is 50.5 cm³/mol. The number of nitrogens with one attached hydrogen (secondary N) is 1. The van der Waals surface area contributed by atoms with Gasteiger partial charge in [-0.1, -0.05) is 12.2 Å². The summed E-state index contributed by atoms with van der Waals surface area (Å²) in [6.07, 6.45) is 9.63. The first-order chi connectivity index (χ1) is 4.93. The third kappa shape index (κ3) is 4.40. The molecule has 0 spiro atoms. The van der Waals surface area contributed by atoms with Gasteiger partial charge in [-0.3, -0.25) is 11.3 Å². The summed E-state index contributed by atoms with van der Waals surface area (Å²) in [7, 11) is 0. The van der Waals surface area contributed by atoms with Crippen molar-refractivity contribution in [3.63, 3.8) is 0 Å². The van der Waals surface area contributed by atoms with Gasteiger partial charge in [0.25, 0.3) is 0 Å². The molecule has 11 heavy (non-hydrogen) atoms. The average Bonchev–Trinajstić information content (AvgIpc) is 2.03. The van der Waals surface area contributed by atoms with E-state index in [1.54, 1.807) is 0 Å². The van der Waals surface area contributed by atoms with E-state index < -0.39 is 0 Å². The second-order valence-corrected chi connectivity index (χ2v) is 2.89. The second kappa shape index (κ2) is 6.65. The Bertz CT molecular complexity index is 115. The van der Waals surface area contributed by atoms with Crippen LogP contribution >= 0.6 is 12.4 Å². The summed E-state index contributed by atoms with van der Waals surface area (Å²) in [5.41, 5.74) is 2.69. The van der Waals surface area contributed by atoms with Gasteiger partial charge in [0.05, 0.1) is 0 Å². The Morgan fingerprint density at radius 3 is 2.82 bits per heavy atom. The molecule has 3 heteroatoms. The molecule has 0 aliphatic heterocycles. The van der Waals surface area contributed by atoms with Crippen molar-refractivity contribution < 1.29 is 0 Å². The fraction of sp³-hybridized carbons (Fsp3) is 0.750. The van der Waals surface area contributed by atoms with Crippen molar-refractivity contribution in [3.8, 4) is 0 Å². The quantitative estimate of drug-likeness (QED) is 0.390. The van der Waals surface area contributed by atoms with Crippen molar-refractivity contribution in [2.75, 3.05) is 6.54 Å². The van der Waals surface area contributed by atoms with E-state index in [1.165, 1.54) is 25.7 Å². The molecule has 0 bridgehead atoms. The molecule has 2 nitrogen and oxygen atoms in total. The Morgan fingerprint density at radius 2 is 2.27 bits per heavy atom. The van der Waals surface area contributed by atoms with E-state index in [9.17, 15) is 0 Å². The monoisotopic (exact) mass is 176 g/mol. The van der Waals surface area contributed by atoms with Crippen LogP contribution in [0.2, 0.25) is 0 Å². The maximum Gasteiger partial charge on any atom is 0.0100 e. The molecule has 0 saturated heterocycles. The molecule has 0 aromatic carbocycles. The van der Waals surface area contributed by atoms with E-state index in [0.717, 1.165) is 12.5 Å². The van der Waals surface area contributed by atoms with Crippen LogP contribution in [0.5, 0.6) is 0 Å². The minimum atomic E-state index is 0. The summed E-state index contributed by atoms with van der Waals surface area (Å²) < 4.78 is 0. The third-order valence-corrected chi connectivity index (χ3v) is 2.07. The first-order valence-electron chi connectivity index (χ1n) is 4.02. The molecule has 0 aromatic rings. The molecule has 1 aliphatic carbocycles. The van der Waals surface area contributed by atoms with Crippen LogP contribution in [0.4, 0.5) is 0 Å². The van der Waals surface area contributed by atoms with Gasteiger partial charge in [-0.25, -0.2) is 0 Å². The molecule has 1 aliphatic rings. The van der Waals surface area contributed by atoms with Crippen LogP contribution in [0, 0.1) is 5.92 Å². The lowest BCUT2D eigenvalue weighted by Gasteiger charge is -2.16. The van der Waals surface area contributed by atoms with Crippen LogP contribution < -0.4 is 11.3 Å². The zero-order valence-electron chi connectivity index (χ0n) is 6.75. The van der Waals surface area contributed by atoms with Crippen molar-refractivity contribution in [2.45, 2.75) is 25.7 Å². The van der Waals surface area contributed by atoms with E-state index in [-0.39, 0.29) is 12.4 Å². The van der Waals surface area contributed by atoms with E-state index in [0.29, 0.717) is 0 Å². The Hall–Kier alpha value is -0.0500. The third-order valence-electron chi connectivity index (χ3n) is 2.07. The zero-order chi connectivity index (χ0) is 7.23. The molecule has 66 valence electrons. The molecule has 0 amide bonds. The zero-order valence-corrected chi connectivity index (χ0v) is 7.57. The summed E-state index contributed by atoms with van der Waals surface area (Å²) >= 11 is 0. The number of hydrogen-bond acceptors (Lipinski definition) is 2. The van der Waals surface area contributed by atoms with Gasteiger partial charge in [-0.2, -0.15) is 0 Å². The van der Waals surface area contributed by atoms with E-state index in [1.807, 2.05) is 0 Å². The molecule has 1 atom stereocenters. The Balaban J connectivity index is 0.000001000. The van der Waals surface area contributed by atoms with Crippen LogP contribution in [-0.4, -0.2) is 6.54 Å². The Morgan fingerprint density at radius 1 is 1.45 bits per heavy atom. The molecule has 3 N–H and O–H groups in total. The molecule has 1 rings (SSSR count). The van der Waals surface area contributed by atoms with Crippen LogP contribution in [0.15, 0.2) is 12.2 Å². The smallest absolute Gasteiger partial charge is 0.0100 e. The highest BCUT2D eigenvalue weighted by molar-refractivity contribution is 5.85. The number of nitrogens with two attached hydrogens (primary N) is 1. The Kier molecular flexibility index (Phi) is 6.62. The maximum atomic E-state index is 5.18. The van der Waals surface area contributed by atoms with Gasteiger partial charge in [0.15, 0.2) is 0 Å². The van der Waals surface area contributed by atoms with Gasteiger partial charge in [-0.15, -0.1) is 12.4 Å². The van der Waals surface area contributed by atoms with Crippen molar-refractivity contribution in [2.24, 2.45) is 11.8 Å². The molecule has 1 unspecified atom stereocenters. The topological polar surface area (TPSA) is 38.0 Å². The summed E-state index contributed by atoms with van der Waals surface area (Å²) in [4.78, 5) is 0. The first-order valence-corrected chi connectivity index (χ1v) is 4.02. The molecule has 0 aromatic heterocycles. The number of hydrogen-bond donors (Lipinski definition) is 2. The standard InChI is InChI=1S/C8H16N2.ClH/c9-10-7-6-8-4-2-1-3-5-8;/h1-2,8,10H,3-7,9H2;1H. The average molecular weight is 177 g/mol. The lowest BCUT2D eigenvalue weighted by atomic mass is 9.92. The minimum absolute atomic E-state index is 0. The molecule has 0 heterocycles. The molecule has 0 radical (unpaired) electrons. The van der Waals surface area contributed by atoms with Crippen LogP contribution in [0.25, 0.3) is 0 Å². The highest BCUT2D eigenvalue weighted by Crippen LogP contribution is 2.20. The van der Waals surface area contributed by atoms with Gasteiger partial charge in [0.2, 0.25) is 0 Å². The molecular formula is C8H17ClN2. The molecule has 0 saturated carbocycles. The van der Waals surface area contributed by atoms with Crippen molar-refractivity contribution in [1.82, 2.24) is 5.43 Å². The van der Waals surface area contributed by atoms with E-state index >= 15 is 0 Å². The van der Waals surface area contributed by atoms with Gasteiger partial charge >= 0.3 is 0 Å². The lowest BCUT2D eigenvalue weighted by Crippen LogP contribution is -2.25. The van der Waals surface area contributed by atoms with Crippen LogP contribution in [0.1, 0.15) is 25.7 Å². The minimum Gasteiger partial charge on any atom is -0.271 e. The SMILES string of the molecule is Cl.NNCCC1CC=CCC1. The molecular weight excluding hydrogens is 160 g/mol. The highest BCUT2D eigenvalue weighted by Gasteiger charge is 2.07. The number of halogens is 1.